The van der Waals surface area contributed by atoms with Gasteiger partial charge in [-0.1, -0.05) is 48.6 Å². The van der Waals surface area contributed by atoms with E-state index in [-0.39, 0.29) is 71.9 Å². The third-order valence-electron chi connectivity index (χ3n) is 12.3. The molecule has 3 aliphatic rings. The number of imide groups is 2. The van der Waals surface area contributed by atoms with E-state index in [0.717, 1.165) is 68.6 Å². The zero-order chi connectivity index (χ0) is 45.2. The number of anilines is 1. The Balaban J connectivity index is 0.936. The molecule has 0 bridgehead atoms. The first-order chi connectivity index (χ1) is 30.3. The summed E-state index contributed by atoms with van der Waals surface area (Å²) >= 11 is -1.37. The SMILES string of the molecule is CCOc1cc(C(C[S+](C)[O-])N2C(=O)c3cccc(NC(=O)CCCCCCCN4CCC(c5cc(CN(C=O)C6CCC(=O)NC6=O)c(C)cc5F)CC4)c3C2=O)ccc1OC. The van der Waals surface area contributed by atoms with Gasteiger partial charge in [-0.25, -0.2) is 4.39 Å². The fourth-order valence-electron chi connectivity index (χ4n) is 8.87. The molecule has 2 N–H and O–H groups in total. The highest BCUT2D eigenvalue weighted by Crippen LogP contribution is 2.39. The lowest BCUT2D eigenvalue weighted by Crippen LogP contribution is -2.51. The molecule has 3 atom stereocenters. The molecule has 3 aromatic rings. The normalized spacial score (nSPS) is 17.9. The van der Waals surface area contributed by atoms with Crippen molar-refractivity contribution in [3.8, 4) is 11.5 Å². The van der Waals surface area contributed by atoms with Gasteiger partial charge in [-0.15, -0.1) is 0 Å². The maximum atomic E-state index is 15.3. The van der Waals surface area contributed by atoms with Crippen molar-refractivity contribution in [2.45, 2.75) is 103 Å². The van der Waals surface area contributed by atoms with Crippen molar-refractivity contribution in [3.63, 3.8) is 0 Å². The minimum atomic E-state index is -1.37. The summed E-state index contributed by atoms with van der Waals surface area (Å²) in [5.41, 5.74) is 3.25. The number of carbonyl (C=O) groups is 6. The Hall–Kier alpha value is -5.32. The van der Waals surface area contributed by atoms with Crippen molar-refractivity contribution in [2.75, 3.05) is 50.7 Å². The van der Waals surface area contributed by atoms with E-state index in [1.165, 1.54) is 24.3 Å². The zero-order valence-corrected chi connectivity index (χ0v) is 37.4. The van der Waals surface area contributed by atoms with E-state index in [0.29, 0.717) is 47.6 Å². The Bertz CT molecular complexity index is 2180. The summed E-state index contributed by atoms with van der Waals surface area (Å²) in [6.45, 7) is 6.77. The van der Waals surface area contributed by atoms with Crippen LogP contribution < -0.4 is 20.1 Å². The van der Waals surface area contributed by atoms with E-state index in [4.69, 9.17) is 9.47 Å². The Morgan fingerprint density at radius 2 is 1.76 bits per heavy atom. The number of nitrogens with one attached hydrogen (secondary N) is 2. The van der Waals surface area contributed by atoms with Crippen LogP contribution in [0.4, 0.5) is 10.1 Å². The van der Waals surface area contributed by atoms with Crippen LogP contribution in [-0.2, 0) is 36.9 Å². The van der Waals surface area contributed by atoms with Crippen molar-refractivity contribution >= 4 is 52.8 Å². The smallest absolute Gasteiger partial charge is 0.264 e. The maximum absolute atomic E-state index is 15.3. The minimum absolute atomic E-state index is 0.0157. The van der Waals surface area contributed by atoms with Gasteiger partial charge >= 0.3 is 0 Å². The zero-order valence-electron chi connectivity index (χ0n) is 36.5. The molecule has 338 valence electrons. The van der Waals surface area contributed by atoms with Gasteiger partial charge in [0.1, 0.15) is 23.7 Å². The Labute approximate surface area is 371 Å². The maximum Gasteiger partial charge on any atom is 0.264 e. The number of amides is 6. The van der Waals surface area contributed by atoms with Gasteiger partial charge in [0.15, 0.2) is 11.5 Å². The van der Waals surface area contributed by atoms with Gasteiger partial charge in [-0.2, -0.15) is 0 Å². The molecule has 2 saturated heterocycles. The van der Waals surface area contributed by atoms with Crippen LogP contribution in [-0.4, -0.2) is 107 Å². The van der Waals surface area contributed by atoms with Crippen LogP contribution in [0.2, 0.25) is 0 Å². The molecular weight excluding hydrogens is 830 g/mol. The number of methoxy groups -OCH3 is 1. The molecule has 3 aliphatic heterocycles. The number of benzene rings is 3. The average Bonchev–Trinajstić information content (AvgIpc) is 3.51. The fraction of sp³-hybridized carbons (Fsp3) is 0.489. The molecular formula is C47H58FN5O9S. The van der Waals surface area contributed by atoms with Gasteiger partial charge in [0.05, 0.1) is 36.8 Å². The number of carbonyl (C=O) groups excluding carboxylic acids is 6. The van der Waals surface area contributed by atoms with E-state index in [2.05, 4.69) is 15.5 Å². The summed E-state index contributed by atoms with van der Waals surface area (Å²) in [6.07, 6.45) is 8.91. The molecule has 6 amide bonds. The van der Waals surface area contributed by atoms with Crippen molar-refractivity contribution in [3.05, 3.63) is 87.7 Å². The van der Waals surface area contributed by atoms with E-state index in [9.17, 15) is 33.3 Å². The summed E-state index contributed by atoms with van der Waals surface area (Å²) in [7, 11) is 1.52. The van der Waals surface area contributed by atoms with Crippen molar-refractivity contribution in [1.82, 2.24) is 20.0 Å². The summed E-state index contributed by atoms with van der Waals surface area (Å²) in [5, 5.41) is 5.16. The first-order valence-corrected chi connectivity index (χ1v) is 23.5. The Kier molecular flexibility index (Phi) is 16.4. The second-order valence-corrected chi connectivity index (χ2v) is 18.0. The van der Waals surface area contributed by atoms with Crippen molar-refractivity contribution < 1.29 is 47.2 Å². The molecule has 0 aromatic heterocycles. The summed E-state index contributed by atoms with van der Waals surface area (Å²) < 4.78 is 39.0. The average molecular weight is 888 g/mol. The van der Waals surface area contributed by atoms with Gasteiger partial charge in [0.25, 0.3) is 11.8 Å². The molecule has 0 radical (unpaired) electrons. The van der Waals surface area contributed by atoms with E-state index in [1.54, 1.807) is 43.3 Å². The molecule has 3 unspecified atom stereocenters. The van der Waals surface area contributed by atoms with Gasteiger partial charge in [0, 0.05) is 19.4 Å². The molecule has 3 heterocycles. The molecule has 3 aromatic carbocycles. The molecule has 2 fully saturated rings. The highest BCUT2D eigenvalue weighted by atomic mass is 32.2. The van der Waals surface area contributed by atoms with Gasteiger partial charge in [0.2, 0.25) is 24.1 Å². The van der Waals surface area contributed by atoms with Gasteiger partial charge < -0.3 is 29.1 Å². The van der Waals surface area contributed by atoms with E-state index < -0.39 is 41.0 Å². The molecule has 16 heteroatoms. The Morgan fingerprint density at radius 1 is 1.02 bits per heavy atom. The molecule has 0 aliphatic carbocycles. The lowest BCUT2D eigenvalue weighted by Gasteiger charge is -2.33. The third-order valence-corrected chi connectivity index (χ3v) is 13.0. The molecule has 63 heavy (non-hydrogen) atoms. The number of piperidine rings is 2. The summed E-state index contributed by atoms with van der Waals surface area (Å²) in [6, 6.07) is 11.7. The van der Waals surface area contributed by atoms with Crippen LogP contribution in [0.5, 0.6) is 11.5 Å². The predicted molar refractivity (Wildman–Crippen MR) is 236 cm³/mol. The second kappa shape index (κ2) is 21.8. The second-order valence-electron chi connectivity index (χ2n) is 16.5. The van der Waals surface area contributed by atoms with Crippen LogP contribution in [0.25, 0.3) is 0 Å². The first-order valence-electron chi connectivity index (χ1n) is 21.8. The monoisotopic (exact) mass is 887 g/mol. The fourth-order valence-corrected chi connectivity index (χ4v) is 9.66. The predicted octanol–water partition coefficient (Wildman–Crippen LogP) is 6.18. The summed E-state index contributed by atoms with van der Waals surface area (Å²) in [5.74, 6) is -1.45. The standard InChI is InChI=1S/C47H58FN5O9S/c1-5-62-41-26-32(15-17-40(41)61-3)39(28-63(4)60)53-46(58)34-12-11-13-37(44(34)47(53)59)49-42(55)14-9-7-6-8-10-21-51-22-19-31(20-23-51)35-25-33(30(2)24-36(35)48)27-52(29-54)38-16-18-43(56)50-45(38)57/h11-13,15,17,24-26,29,31,38-39H,5-10,14,16,18-23,27-28H2,1-4H3,(H,49,55)(H,50,56,57). The van der Waals surface area contributed by atoms with Gasteiger partial charge in [-0.3, -0.25) is 39.0 Å². The molecule has 0 spiro atoms. The number of hydrogen-bond donors (Lipinski definition) is 2. The lowest BCUT2D eigenvalue weighted by atomic mass is 9.87. The number of rotatable bonds is 21. The molecule has 6 rings (SSSR count). The lowest BCUT2D eigenvalue weighted by molar-refractivity contribution is -0.141. The number of aryl methyl sites for hydroxylation is 1. The van der Waals surface area contributed by atoms with Crippen molar-refractivity contribution in [1.29, 1.82) is 0 Å². The molecule has 14 nitrogen and oxygen atoms in total. The van der Waals surface area contributed by atoms with Crippen LogP contribution in [0, 0.1) is 12.7 Å². The molecule has 0 saturated carbocycles. The van der Waals surface area contributed by atoms with Crippen LogP contribution in [0.1, 0.15) is 126 Å². The van der Waals surface area contributed by atoms with Crippen LogP contribution >= 0.6 is 0 Å². The number of halogens is 1. The minimum Gasteiger partial charge on any atom is -0.616 e. The van der Waals surface area contributed by atoms with E-state index in [1.807, 2.05) is 13.0 Å². The number of hydrogen-bond acceptors (Lipinski definition) is 10. The van der Waals surface area contributed by atoms with E-state index >= 15 is 4.39 Å². The van der Waals surface area contributed by atoms with Gasteiger partial charge in [-0.05, 0) is 124 Å². The quantitative estimate of drug-likeness (QED) is 0.0544. The number of nitrogens with zero attached hydrogens (tertiary/aromatic N) is 3. The highest BCUT2D eigenvalue weighted by Gasteiger charge is 2.44. The third kappa shape index (κ3) is 11.4. The van der Waals surface area contributed by atoms with Crippen molar-refractivity contribution in [2.24, 2.45) is 0 Å². The number of fused-ring (bicyclic) bond motifs is 1. The number of ether oxygens (including phenoxy) is 2. The number of likely N-dealkylation sites (tertiary alicyclic amines) is 1. The Morgan fingerprint density at radius 3 is 2.46 bits per heavy atom. The van der Waals surface area contributed by atoms with Crippen LogP contribution in [0.15, 0.2) is 48.5 Å². The van der Waals surface area contributed by atoms with Crippen LogP contribution in [0.3, 0.4) is 0 Å². The number of unbranched alkanes of at least 4 members (excludes halogenated alkanes) is 4. The first kappa shape index (κ1) is 47.2. The largest absolute Gasteiger partial charge is 0.616 e. The topological polar surface area (TPSA) is 178 Å². The highest BCUT2D eigenvalue weighted by molar-refractivity contribution is 7.90. The summed E-state index contributed by atoms with van der Waals surface area (Å²) in [4.78, 5) is 81.8.